The first kappa shape index (κ1) is 16.9. The molecule has 0 spiro atoms. The lowest BCUT2D eigenvalue weighted by molar-refractivity contribution is -0.135. The second-order valence-corrected chi connectivity index (χ2v) is 6.41. The number of alkyl halides is 3. The maximum absolute atomic E-state index is 12.1. The van der Waals surface area contributed by atoms with Crippen molar-refractivity contribution in [2.75, 3.05) is 20.6 Å². The van der Waals surface area contributed by atoms with Crippen LogP contribution in [0.25, 0.3) is 0 Å². The molecule has 0 unspecified atom stereocenters. The van der Waals surface area contributed by atoms with Gasteiger partial charge in [0.1, 0.15) is 0 Å². The lowest BCUT2D eigenvalue weighted by Gasteiger charge is -2.18. The molecule has 0 aliphatic rings. The number of rotatable bonds is 6. The van der Waals surface area contributed by atoms with E-state index in [4.69, 9.17) is 0 Å². The molecule has 1 N–H and O–H groups in total. The van der Waals surface area contributed by atoms with Gasteiger partial charge in [-0.1, -0.05) is 12.1 Å². The van der Waals surface area contributed by atoms with Crippen LogP contribution in [0.5, 0.6) is 0 Å². The van der Waals surface area contributed by atoms with Gasteiger partial charge in [-0.3, -0.25) is 0 Å². The molecule has 0 saturated carbocycles. The molecule has 1 rings (SSSR count). The number of nitrogens with zero attached hydrogens (tertiary/aromatic N) is 1. The van der Waals surface area contributed by atoms with E-state index in [1.165, 1.54) is 12.1 Å². The van der Waals surface area contributed by atoms with Gasteiger partial charge in [0.2, 0.25) is 10.0 Å². The maximum atomic E-state index is 12.1. The molecule has 1 aromatic carbocycles. The van der Waals surface area contributed by atoms with Crippen LogP contribution in [0, 0.1) is 0 Å². The predicted molar refractivity (Wildman–Crippen MR) is 69.7 cm³/mol. The Bertz CT molecular complexity index is 527. The summed E-state index contributed by atoms with van der Waals surface area (Å²) in [5.74, 6) is 0. The Morgan fingerprint density at radius 1 is 1.20 bits per heavy atom. The summed E-state index contributed by atoms with van der Waals surface area (Å²) < 4.78 is 61.2. The highest BCUT2D eigenvalue weighted by molar-refractivity contribution is 7.89. The van der Waals surface area contributed by atoms with Crippen molar-refractivity contribution in [3.8, 4) is 0 Å². The molecule has 0 aliphatic carbocycles. The van der Waals surface area contributed by atoms with Crippen molar-refractivity contribution in [3.05, 3.63) is 29.8 Å². The number of hydrogen-bond acceptors (Lipinski definition) is 3. The van der Waals surface area contributed by atoms with Gasteiger partial charge in [-0.05, 0) is 24.7 Å². The zero-order chi connectivity index (χ0) is 15.4. The Kier molecular flexibility index (Phi) is 5.55. The fourth-order valence-corrected chi connectivity index (χ4v) is 2.74. The molecule has 0 bridgehead atoms. The molecule has 0 amide bonds. The van der Waals surface area contributed by atoms with Gasteiger partial charge in [0.25, 0.3) is 0 Å². The molecular formula is C12H17F3N2O2S. The van der Waals surface area contributed by atoms with Gasteiger partial charge in [0.15, 0.2) is 0 Å². The summed E-state index contributed by atoms with van der Waals surface area (Å²) in [5.41, 5.74) is 0.893. The van der Waals surface area contributed by atoms with Gasteiger partial charge in [0.05, 0.1) is 11.3 Å². The van der Waals surface area contributed by atoms with E-state index >= 15 is 0 Å². The second-order valence-electron chi connectivity index (χ2n) is 4.37. The smallest absolute Gasteiger partial charge is 0.316 e. The van der Waals surface area contributed by atoms with Gasteiger partial charge >= 0.3 is 6.18 Å². The SMILES string of the molecule is CNCc1ccc(S(=O)(=O)N(C)CCC(F)(F)F)cc1. The summed E-state index contributed by atoms with van der Waals surface area (Å²) in [7, 11) is -0.979. The molecule has 20 heavy (non-hydrogen) atoms. The van der Waals surface area contributed by atoms with Crippen LogP contribution < -0.4 is 5.32 Å². The highest BCUT2D eigenvalue weighted by Crippen LogP contribution is 2.22. The second kappa shape index (κ2) is 6.55. The van der Waals surface area contributed by atoms with Gasteiger partial charge in [-0.15, -0.1) is 0 Å². The van der Waals surface area contributed by atoms with Crippen LogP contribution >= 0.6 is 0 Å². The third-order valence-corrected chi connectivity index (χ3v) is 4.59. The van der Waals surface area contributed by atoms with Crippen molar-refractivity contribution in [3.63, 3.8) is 0 Å². The lowest BCUT2D eigenvalue weighted by Crippen LogP contribution is -2.30. The van der Waals surface area contributed by atoms with Crippen LogP contribution in [0.15, 0.2) is 29.2 Å². The molecule has 8 heteroatoms. The van der Waals surface area contributed by atoms with E-state index in [0.29, 0.717) is 10.8 Å². The lowest BCUT2D eigenvalue weighted by atomic mass is 10.2. The molecule has 4 nitrogen and oxygen atoms in total. The molecule has 1 aromatic rings. The molecule has 0 saturated heterocycles. The molecule has 0 aliphatic heterocycles. The Labute approximate surface area is 116 Å². The fraction of sp³-hybridized carbons (Fsp3) is 0.500. The summed E-state index contributed by atoms with van der Waals surface area (Å²) in [6, 6.07) is 6.04. The molecular weight excluding hydrogens is 293 g/mol. The number of nitrogens with one attached hydrogen (secondary N) is 1. The molecule has 0 fully saturated rings. The standard InChI is InChI=1S/C12H17F3N2O2S/c1-16-9-10-3-5-11(6-4-10)20(18,19)17(2)8-7-12(13,14)15/h3-6,16H,7-9H2,1-2H3. The first-order valence-electron chi connectivity index (χ1n) is 5.93. The first-order chi connectivity index (χ1) is 9.16. The molecule has 0 atom stereocenters. The van der Waals surface area contributed by atoms with Crippen molar-refractivity contribution >= 4 is 10.0 Å². The number of halogens is 3. The van der Waals surface area contributed by atoms with Crippen molar-refractivity contribution in [2.45, 2.75) is 24.0 Å². The van der Waals surface area contributed by atoms with E-state index in [1.54, 1.807) is 19.2 Å². The fourth-order valence-electron chi connectivity index (χ4n) is 1.57. The van der Waals surface area contributed by atoms with Crippen LogP contribution in [0.4, 0.5) is 13.2 Å². The molecule has 0 radical (unpaired) electrons. The number of benzene rings is 1. The van der Waals surface area contributed by atoms with Crippen molar-refractivity contribution in [1.82, 2.24) is 9.62 Å². The van der Waals surface area contributed by atoms with Crippen LogP contribution in [-0.2, 0) is 16.6 Å². The van der Waals surface area contributed by atoms with Crippen LogP contribution in [-0.4, -0.2) is 39.5 Å². The number of sulfonamides is 1. The predicted octanol–water partition coefficient (Wildman–Crippen LogP) is 1.98. The molecule has 114 valence electrons. The number of hydrogen-bond donors (Lipinski definition) is 1. The van der Waals surface area contributed by atoms with E-state index in [-0.39, 0.29) is 4.90 Å². The minimum Gasteiger partial charge on any atom is -0.316 e. The quantitative estimate of drug-likeness (QED) is 0.874. The average Bonchev–Trinajstić information content (AvgIpc) is 2.36. The van der Waals surface area contributed by atoms with Gasteiger partial charge in [-0.25, -0.2) is 12.7 Å². The monoisotopic (exact) mass is 310 g/mol. The van der Waals surface area contributed by atoms with E-state index < -0.39 is 29.2 Å². The van der Waals surface area contributed by atoms with E-state index in [2.05, 4.69) is 5.32 Å². The normalized spacial score (nSPS) is 12.9. The minimum absolute atomic E-state index is 0.0120. The van der Waals surface area contributed by atoms with Crippen molar-refractivity contribution < 1.29 is 21.6 Å². The third-order valence-electron chi connectivity index (χ3n) is 2.72. The van der Waals surface area contributed by atoms with E-state index in [9.17, 15) is 21.6 Å². The highest BCUT2D eigenvalue weighted by Gasteiger charge is 2.30. The summed E-state index contributed by atoms with van der Waals surface area (Å²) in [6.07, 6.45) is -5.54. The summed E-state index contributed by atoms with van der Waals surface area (Å²) in [4.78, 5) is -0.0120. The zero-order valence-electron chi connectivity index (χ0n) is 11.2. The highest BCUT2D eigenvalue weighted by atomic mass is 32.2. The largest absolute Gasteiger partial charge is 0.390 e. The van der Waals surface area contributed by atoms with Gasteiger partial charge < -0.3 is 5.32 Å². The van der Waals surface area contributed by atoms with Crippen molar-refractivity contribution in [1.29, 1.82) is 0 Å². The third kappa shape index (κ3) is 4.77. The summed E-state index contributed by atoms with van der Waals surface area (Å²) in [5, 5.41) is 2.92. The Morgan fingerprint density at radius 3 is 2.20 bits per heavy atom. The summed E-state index contributed by atoms with van der Waals surface area (Å²) in [6.45, 7) is -0.00561. The topological polar surface area (TPSA) is 49.4 Å². The summed E-state index contributed by atoms with van der Waals surface area (Å²) >= 11 is 0. The Balaban J connectivity index is 2.81. The maximum Gasteiger partial charge on any atom is 0.390 e. The molecule has 0 heterocycles. The first-order valence-corrected chi connectivity index (χ1v) is 7.37. The van der Waals surface area contributed by atoms with Crippen molar-refractivity contribution in [2.24, 2.45) is 0 Å². The van der Waals surface area contributed by atoms with E-state index in [1.807, 2.05) is 0 Å². The van der Waals surface area contributed by atoms with Crippen LogP contribution in [0.1, 0.15) is 12.0 Å². The molecule has 0 aromatic heterocycles. The Hall–Kier alpha value is -1.12. The van der Waals surface area contributed by atoms with Crippen LogP contribution in [0.2, 0.25) is 0 Å². The zero-order valence-corrected chi connectivity index (χ0v) is 12.1. The minimum atomic E-state index is -4.37. The van der Waals surface area contributed by atoms with E-state index in [0.717, 1.165) is 12.6 Å². The Morgan fingerprint density at radius 2 is 1.75 bits per heavy atom. The van der Waals surface area contributed by atoms with Crippen LogP contribution in [0.3, 0.4) is 0 Å². The van der Waals surface area contributed by atoms with Gasteiger partial charge in [-0.2, -0.15) is 13.2 Å². The average molecular weight is 310 g/mol. The van der Waals surface area contributed by atoms with Gasteiger partial charge in [0, 0.05) is 20.1 Å².